The summed E-state index contributed by atoms with van der Waals surface area (Å²) in [6.45, 7) is 1.10. The molecular formula is C8H9F3N2O2. The monoisotopic (exact) mass is 222 g/mol. The highest BCUT2D eigenvalue weighted by Crippen LogP contribution is 2.48. The van der Waals surface area contributed by atoms with Crippen LogP contribution in [-0.4, -0.2) is 30.9 Å². The van der Waals surface area contributed by atoms with E-state index in [1.165, 1.54) is 0 Å². The van der Waals surface area contributed by atoms with E-state index in [-0.39, 0.29) is 5.41 Å². The first-order valence-corrected chi connectivity index (χ1v) is 4.50. The van der Waals surface area contributed by atoms with Gasteiger partial charge in [-0.1, -0.05) is 5.16 Å². The number of oxime groups is 1. The van der Waals surface area contributed by atoms with Crippen LogP contribution in [0.15, 0.2) is 5.16 Å². The molecule has 15 heavy (non-hydrogen) atoms. The molecule has 4 nitrogen and oxygen atoms in total. The summed E-state index contributed by atoms with van der Waals surface area (Å²) in [7, 11) is 0. The van der Waals surface area contributed by atoms with Crippen molar-refractivity contribution in [3.63, 3.8) is 0 Å². The minimum absolute atomic E-state index is 0.133. The van der Waals surface area contributed by atoms with Gasteiger partial charge in [0.2, 0.25) is 0 Å². The van der Waals surface area contributed by atoms with Gasteiger partial charge in [-0.2, -0.15) is 13.2 Å². The third-order valence-corrected chi connectivity index (χ3v) is 2.69. The second-order valence-electron chi connectivity index (χ2n) is 3.80. The Balaban J connectivity index is 1.97. The van der Waals surface area contributed by atoms with Crippen molar-refractivity contribution in [1.29, 1.82) is 0 Å². The fraction of sp³-hybridized carbons (Fsp3) is 0.750. The molecule has 0 amide bonds. The zero-order chi connectivity index (χ0) is 11.1. The second-order valence-corrected chi connectivity index (χ2v) is 3.80. The lowest BCUT2D eigenvalue weighted by molar-refractivity contribution is -0.199. The average molecular weight is 222 g/mol. The van der Waals surface area contributed by atoms with Gasteiger partial charge in [0.05, 0.1) is 5.71 Å². The van der Waals surface area contributed by atoms with Crippen LogP contribution in [0.5, 0.6) is 0 Å². The smallest absolute Gasteiger partial charge is 0.310 e. The Hall–Kier alpha value is -1.11. The molecule has 0 radical (unpaired) electrons. The Kier molecular flexibility index (Phi) is 2.22. The molecule has 1 aliphatic carbocycles. The van der Waals surface area contributed by atoms with E-state index in [1.807, 2.05) is 0 Å². The lowest BCUT2D eigenvalue weighted by atomic mass is 10.1. The van der Waals surface area contributed by atoms with Crippen molar-refractivity contribution in [2.24, 2.45) is 10.6 Å². The molecule has 2 fully saturated rings. The van der Waals surface area contributed by atoms with Crippen molar-refractivity contribution in [2.75, 3.05) is 13.1 Å². The third kappa shape index (κ3) is 1.97. The zero-order valence-corrected chi connectivity index (χ0v) is 7.73. The van der Waals surface area contributed by atoms with Gasteiger partial charge in [-0.3, -0.25) is 0 Å². The van der Waals surface area contributed by atoms with Crippen LogP contribution in [0.2, 0.25) is 0 Å². The van der Waals surface area contributed by atoms with Crippen molar-refractivity contribution >= 4 is 11.7 Å². The van der Waals surface area contributed by atoms with Gasteiger partial charge in [0.15, 0.2) is 0 Å². The number of halogens is 3. The van der Waals surface area contributed by atoms with Gasteiger partial charge in [0, 0.05) is 18.5 Å². The van der Waals surface area contributed by atoms with Crippen LogP contribution in [-0.2, 0) is 9.63 Å². The first-order valence-electron chi connectivity index (χ1n) is 4.50. The lowest BCUT2D eigenvalue weighted by Crippen LogP contribution is -2.25. The fourth-order valence-corrected chi connectivity index (χ4v) is 1.60. The van der Waals surface area contributed by atoms with Gasteiger partial charge in [0.1, 0.15) is 0 Å². The van der Waals surface area contributed by atoms with E-state index >= 15 is 0 Å². The van der Waals surface area contributed by atoms with Crippen molar-refractivity contribution in [2.45, 2.75) is 19.0 Å². The average Bonchev–Trinajstić information content (AvgIpc) is 2.76. The fourth-order valence-electron chi connectivity index (χ4n) is 1.60. The SMILES string of the molecule is O=C(ON=C1CNCC12CC2)C(F)(F)F. The molecule has 1 saturated heterocycles. The van der Waals surface area contributed by atoms with Crippen LogP contribution in [0.4, 0.5) is 13.2 Å². The van der Waals surface area contributed by atoms with Crippen molar-refractivity contribution in [3.8, 4) is 0 Å². The molecule has 2 rings (SSSR count). The highest BCUT2D eigenvalue weighted by molar-refractivity contribution is 5.96. The van der Waals surface area contributed by atoms with Crippen LogP contribution >= 0.6 is 0 Å². The van der Waals surface area contributed by atoms with Crippen LogP contribution < -0.4 is 5.32 Å². The van der Waals surface area contributed by atoms with Crippen molar-refractivity contribution in [1.82, 2.24) is 5.32 Å². The molecule has 2 aliphatic rings. The predicted octanol–water partition coefficient (Wildman–Crippen LogP) is 0.831. The normalized spacial score (nSPS) is 25.9. The molecule has 0 unspecified atom stereocenters. The Bertz CT molecular complexity index is 320. The van der Waals surface area contributed by atoms with E-state index < -0.39 is 12.1 Å². The molecule has 1 heterocycles. The van der Waals surface area contributed by atoms with Gasteiger partial charge in [-0.05, 0) is 12.8 Å². The van der Waals surface area contributed by atoms with E-state index in [9.17, 15) is 18.0 Å². The van der Waals surface area contributed by atoms with E-state index in [1.54, 1.807) is 0 Å². The van der Waals surface area contributed by atoms with E-state index in [0.29, 0.717) is 18.8 Å². The summed E-state index contributed by atoms with van der Waals surface area (Å²) in [6, 6.07) is 0. The van der Waals surface area contributed by atoms with Crippen LogP contribution in [0.1, 0.15) is 12.8 Å². The minimum atomic E-state index is -4.98. The van der Waals surface area contributed by atoms with E-state index in [2.05, 4.69) is 15.3 Å². The van der Waals surface area contributed by atoms with Gasteiger partial charge < -0.3 is 10.2 Å². The van der Waals surface area contributed by atoms with Crippen LogP contribution in [0.3, 0.4) is 0 Å². The predicted molar refractivity (Wildman–Crippen MR) is 44.1 cm³/mol. The number of hydrogen-bond donors (Lipinski definition) is 1. The molecule has 0 aromatic rings. The Morgan fingerprint density at radius 2 is 2.13 bits per heavy atom. The number of rotatable bonds is 1. The van der Waals surface area contributed by atoms with Gasteiger partial charge >= 0.3 is 12.1 Å². The molecule has 0 atom stereocenters. The molecule has 1 N–H and O–H groups in total. The standard InChI is InChI=1S/C8H9F3N2O2/c9-8(10,11)6(14)15-13-5-3-12-4-7(5)1-2-7/h12H,1-4H2. The molecule has 84 valence electrons. The Morgan fingerprint density at radius 3 is 2.67 bits per heavy atom. The summed E-state index contributed by atoms with van der Waals surface area (Å²) in [5, 5.41) is 6.27. The van der Waals surface area contributed by atoms with Crippen LogP contribution in [0.25, 0.3) is 0 Å². The van der Waals surface area contributed by atoms with Crippen molar-refractivity contribution < 1.29 is 22.8 Å². The highest BCUT2D eigenvalue weighted by atomic mass is 19.4. The second kappa shape index (κ2) is 3.19. The number of carbonyl (C=O) groups is 1. The minimum Gasteiger partial charge on any atom is -0.310 e. The largest absolute Gasteiger partial charge is 0.493 e. The zero-order valence-electron chi connectivity index (χ0n) is 7.73. The third-order valence-electron chi connectivity index (χ3n) is 2.69. The summed E-state index contributed by atoms with van der Waals surface area (Å²) in [6.07, 6.45) is -3.20. The first-order chi connectivity index (χ1) is 6.94. The van der Waals surface area contributed by atoms with Crippen molar-refractivity contribution in [3.05, 3.63) is 0 Å². The van der Waals surface area contributed by atoms with Gasteiger partial charge in [-0.15, -0.1) is 0 Å². The van der Waals surface area contributed by atoms with Crippen LogP contribution in [0, 0.1) is 5.41 Å². The number of hydrogen-bond acceptors (Lipinski definition) is 4. The number of nitrogens with zero attached hydrogens (tertiary/aromatic N) is 1. The molecule has 0 aromatic heterocycles. The molecule has 0 bridgehead atoms. The Labute approximate surface area is 83.5 Å². The topological polar surface area (TPSA) is 50.7 Å². The molecule has 1 spiro atoms. The quantitative estimate of drug-likeness (QED) is 0.528. The molecule has 1 aliphatic heterocycles. The van der Waals surface area contributed by atoms with E-state index in [0.717, 1.165) is 12.8 Å². The summed E-state index contributed by atoms with van der Waals surface area (Å²) in [5.41, 5.74) is 0.381. The maximum atomic E-state index is 11.8. The van der Waals surface area contributed by atoms with Gasteiger partial charge in [-0.25, -0.2) is 4.79 Å². The maximum Gasteiger partial charge on any atom is 0.493 e. The highest BCUT2D eigenvalue weighted by Gasteiger charge is 2.51. The maximum absolute atomic E-state index is 11.8. The lowest BCUT2D eigenvalue weighted by Gasteiger charge is -2.05. The number of carbonyl (C=O) groups excluding carboxylic acids is 1. The Morgan fingerprint density at radius 1 is 1.47 bits per heavy atom. The first kappa shape index (κ1) is 10.4. The number of alkyl halides is 3. The molecule has 1 saturated carbocycles. The van der Waals surface area contributed by atoms with E-state index in [4.69, 9.17) is 0 Å². The summed E-state index contributed by atoms with van der Waals surface area (Å²) < 4.78 is 35.3. The number of nitrogens with one attached hydrogen (secondary N) is 1. The molecule has 7 heteroatoms. The summed E-state index contributed by atoms with van der Waals surface area (Å²) in [5.74, 6) is -2.27. The summed E-state index contributed by atoms with van der Waals surface area (Å²) in [4.78, 5) is 14.2. The van der Waals surface area contributed by atoms with Gasteiger partial charge in [0.25, 0.3) is 0 Å². The molecule has 0 aromatic carbocycles. The summed E-state index contributed by atoms with van der Waals surface area (Å²) >= 11 is 0. The molecular weight excluding hydrogens is 213 g/mol.